The first-order valence-corrected chi connectivity index (χ1v) is 8.23. The van der Waals surface area contributed by atoms with E-state index in [0.717, 1.165) is 0 Å². The van der Waals surface area contributed by atoms with E-state index in [2.05, 4.69) is 15.0 Å². The van der Waals surface area contributed by atoms with Crippen LogP contribution in [-0.2, 0) is 28.9 Å². The van der Waals surface area contributed by atoms with Crippen LogP contribution in [0.5, 0.6) is 0 Å². The Morgan fingerprint density at radius 2 is 2.00 bits per heavy atom. The third-order valence-electron chi connectivity index (χ3n) is 3.03. The van der Waals surface area contributed by atoms with E-state index in [9.17, 15) is 13.2 Å². The number of hydrogen-bond acceptors (Lipinski definition) is 5. The molecule has 0 aliphatic carbocycles. The van der Waals surface area contributed by atoms with Crippen LogP contribution in [0.4, 0.5) is 0 Å². The van der Waals surface area contributed by atoms with E-state index >= 15 is 0 Å². The molecule has 0 saturated carbocycles. The Bertz CT molecular complexity index is 753. The van der Waals surface area contributed by atoms with Gasteiger partial charge in [0.15, 0.2) is 0 Å². The van der Waals surface area contributed by atoms with Crippen molar-refractivity contribution >= 4 is 16.0 Å². The molecule has 0 fully saturated rings. The summed E-state index contributed by atoms with van der Waals surface area (Å²) in [5, 5.41) is 16.4. The van der Waals surface area contributed by atoms with Gasteiger partial charge in [0.2, 0.25) is 10.0 Å². The van der Waals surface area contributed by atoms with Crippen molar-refractivity contribution in [3.8, 4) is 0 Å². The van der Waals surface area contributed by atoms with E-state index in [4.69, 9.17) is 5.11 Å². The number of carbonyl (C=O) groups is 1. The number of aryl methyl sites for hydroxylation is 1. The molecule has 0 aliphatic rings. The van der Waals surface area contributed by atoms with Gasteiger partial charge in [-0.05, 0) is 24.6 Å². The summed E-state index contributed by atoms with van der Waals surface area (Å²) in [6, 6.07) is 5.73. The molecular formula is C13H16N4O4S. The summed E-state index contributed by atoms with van der Waals surface area (Å²) in [5.74, 6) is -1.27. The minimum absolute atomic E-state index is 0.108. The van der Waals surface area contributed by atoms with Gasteiger partial charge < -0.3 is 5.11 Å². The maximum atomic E-state index is 12.0. The molecule has 0 aliphatic heterocycles. The fraction of sp³-hybridized carbons (Fsp3) is 0.308. The van der Waals surface area contributed by atoms with Crippen molar-refractivity contribution in [2.45, 2.75) is 25.8 Å². The van der Waals surface area contributed by atoms with Crippen molar-refractivity contribution in [2.75, 3.05) is 0 Å². The quantitative estimate of drug-likeness (QED) is 0.771. The molecule has 2 rings (SSSR count). The highest BCUT2D eigenvalue weighted by atomic mass is 32.2. The Morgan fingerprint density at radius 1 is 1.32 bits per heavy atom. The zero-order valence-electron chi connectivity index (χ0n) is 11.9. The number of aromatic nitrogens is 3. The number of sulfonamides is 1. The molecule has 22 heavy (non-hydrogen) atoms. The summed E-state index contributed by atoms with van der Waals surface area (Å²) in [7, 11) is -3.54. The second-order valence-electron chi connectivity index (χ2n) is 4.62. The van der Waals surface area contributed by atoms with Crippen molar-refractivity contribution < 1.29 is 18.3 Å². The Morgan fingerprint density at radius 3 is 2.59 bits per heavy atom. The van der Waals surface area contributed by atoms with Crippen molar-refractivity contribution in [3.63, 3.8) is 0 Å². The van der Waals surface area contributed by atoms with Gasteiger partial charge in [0.05, 0.1) is 29.8 Å². The largest absolute Gasteiger partial charge is 0.478 e. The van der Waals surface area contributed by atoms with Gasteiger partial charge in [-0.2, -0.15) is 0 Å². The predicted octanol–water partition coefficient (Wildman–Crippen LogP) is 0.616. The van der Waals surface area contributed by atoms with Crippen LogP contribution >= 0.6 is 0 Å². The van der Waals surface area contributed by atoms with Gasteiger partial charge in [-0.25, -0.2) is 22.6 Å². The van der Waals surface area contributed by atoms with E-state index in [0.29, 0.717) is 17.8 Å². The number of hydrogen-bond donors (Lipinski definition) is 2. The second-order valence-corrected chi connectivity index (χ2v) is 6.43. The van der Waals surface area contributed by atoms with Crippen LogP contribution in [0.1, 0.15) is 28.5 Å². The normalized spacial score (nSPS) is 11.5. The van der Waals surface area contributed by atoms with E-state index in [1.165, 1.54) is 30.5 Å². The van der Waals surface area contributed by atoms with E-state index in [-0.39, 0.29) is 17.9 Å². The first kappa shape index (κ1) is 16.1. The van der Waals surface area contributed by atoms with Crippen LogP contribution in [0, 0.1) is 0 Å². The number of aromatic carboxylic acids is 1. The average Bonchev–Trinajstić information content (AvgIpc) is 2.93. The van der Waals surface area contributed by atoms with Crippen LogP contribution in [-0.4, -0.2) is 34.5 Å². The van der Waals surface area contributed by atoms with Crippen LogP contribution in [0.3, 0.4) is 0 Å². The van der Waals surface area contributed by atoms with Crippen LogP contribution in [0.15, 0.2) is 30.5 Å². The van der Waals surface area contributed by atoms with Gasteiger partial charge in [-0.15, -0.1) is 5.10 Å². The molecule has 118 valence electrons. The third-order valence-corrected chi connectivity index (χ3v) is 4.33. The average molecular weight is 324 g/mol. The standard InChI is InChI=1S/C13H16N4O4S/c1-2-17-12(7-14-16-17)8-15-22(20,21)9-10-3-5-11(6-4-10)13(18)19/h3-7,15H,2,8-9H2,1H3,(H,18,19). The molecule has 8 nitrogen and oxygen atoms in total. The molecule has 2 N–H and O–H groups in total. The number of carboxylic acids is 1. The van der Waals surface area contributed by atoms with Crippen LogP contribution < -0.4 is 4.72 Å². The van der Waals surface area contributed by atoms with Gasteiger partial charge >= 0.3 is 5.97 Å². The molecule has 9 heteroatoms. The number of nitrogens with zero attached hydrogens (tertiary/aromatic N) is 3. The van der Waals surface area contributed by atoms with E-state index in [1.54, 1.807) is 4.68 Å². The van der Waals surface area contributed by atoms with Crippen molar-refractivity contribution in [1.29, 1.82) is 0 Å². The maximum Gasteiger partial charge on any atom is 0.335 e. The molecule has 2 aromatic rings. The van der Waals surface area contributed by atoms with Gasteiger partial charge in [0.25, 0.3) is 0 Å². The van der Waals surface area contributed by atoms with E-state index < -0.39 is 16.0 Å². The summed E-state index contributed by atoms with van der Waals surface area (Å²) in [6.07, 6.45) is 1.51. The SMILES string of the molecule is CCn1nncc1CNS(=O)(=O)Cc1ccc(C(=O)O)cc1. The minimum atomic E-state index is -3.54. The number of benzene rings is 1. The number of carboxylic acid groups (broad SMARTS) is 1. The molecule has 0 bridgehead atoms. The zero-order valence-corrected chi connectivity index (χ0v) is 12.7. The van der Waals surface area contributed by atoms with Gasteiger partial charge in [0, 0.05) is 6.54 Å². The lowest BCUT2D eigenvalue weighted by atomic mass is 10.1. The predicted molar refractivity (Wildman–Crippen MR) is 78.6 cm³/mol. The smallest absolute Gasteiger partial charge is 0.335 e. The van der Waals surface area contributed by atoms with Crippen molar-refractivity contribution in [2.24, 2.45) is 0 Å². The van der Waals surface area contributed by atoms with Gasteiger partial charge in [-0.1, -0.05) is 17.3 Å². The summed E-state index contributed by atoms with van der Waals surface area (Å²) >= 11 is 0. The maximum absolute atomic E-state index is 12.0. The number of rotatable bonds is 7. The highest BCUT2D eigenvalue weighted by Gasteiger charge is 2.13. The molecule has 1 aromatic carbocycles. The fourth-order valence-corrected chi connectivity index (χ4v) is 2.98. The highest BCUT2D eigenvalue weighted by Crippen LogP contribution is 2.08. The Hall–Kier alpha value is -2.26. The molecule has 1 aromatic heterocycles. The summed E-state index contributed by atoms with van der Waals surface area (Å²) in [4.78, 5) is 10.7. The third kappa shape index (κ3) is 4.12. The summed E-state index contributed by atoms with van der Waals surface area (Å²) in [6.45, 7) is 2.60. The first-order chi connectivity index (χ1) is 10.4. The molecule has 1 heterocycles. The molecule has 0 radical (unpaired) electrons. The lowest BCUT2D eigenvalue weighted by molar-refractivity contribution is 0.0697. The molecule has 0 saturated heterocycles. The lowest BCUT2D eigenvalue weighted by Gasteiger charge is -2.07. The van der Waals surface area contributed by atoms with Gasteiger partial charge in [-0.3, -0.25) is 0 Å². The van der Waals surface area contributed by atoms with Crippen molar-refractivity contribution in [3.05, 3.63) is 47.3 Å². The zero-order chi connectivity index (χ0) is 16.2. The highest BCUT2D eigenvalue weighted by molar-refractivity contribution is 7.88. The second kappa shape index (κ2) is 6.67. The molecule has 0 spiro atoms. The van der Waals surface area contributed by atoms with Crippen LogP contribution in [0.25, 0.3) is 0 Å². The topological polar surface area (TPSA) is 114 Å². The van der Waals surface area contributed by atoms with Gasteiger partial charge in [0.1, 0.15) is 0 Å². The molecular weight excluding hydrogens is 308 g/mol. The monoisotopic (exact) mass is 324 g/mol. The summed E-state index contributed by atoms with van der Waals surface area (Å²) in [5.41, 5.74) is 1.30. The van der Waals surface area contributed by atoms with Crippen LogP contribution in [0.2, 0.25) is 0 Å². The Kier molecular flexibility index (Phi) is 4.88. The van der Waals surface area contributed by atoms with E-state index in [1.807, 2.05) is 6.92 Å². The first-order valence-electron chi connectivity index (χ1n) is 6.58. The molecule has 0 unspecified atom stereocenters. The fourth-order valence-electron chi connectivity index (χ4n) is 1.88. The molecule has 0 atom stereocenters. The number of nitrogens with one attached hydrogen (secondary N) is 1. The summed E-state index contributed by atoms with van der Waals surface area (Å²) < 4.78 is 28.2. The minimum Gasteiger partial charge on any atom is -0.478 e. The Labute approximate surface area is 127 Å². The lowest BCUT2D eigenvalue weighted by Crippen LogP contribution is -2.26. The molecule has 0 amide bonds. The Balaban J connectivity index is 2.00. The van der Waals surface area contributed by atoms with Crippen molar-refractivity contribution in [1.82, 2.24) is 19.7 Å².